The number of carbonyl (C=O) groups is 1. The number of para-hydroxylation sites is 1. The zero-order valence-corrected chi connectivity index (χ0v) is 16.3. The molecule has 0 bridgehead atoms. The monoisotopic (exact) mass is 381 g/mol. The Morgan fingerprint density at radius 2 is 2.04 bits per heavy atom. The number of anilines is 1. The van der Waals surface area contributed by atoms with E-state index in [1.165, 1.54) is 23.1 Å². The fraction of sp³-hybridized carbons (Fsp3) is 0.579. The fourth-order valence-corrected chi connectivity index (χ4v) is 2.89. The molecule has 1 saturated heterocycles. The van der Waals surface area contributed by atoms with Gasteiger partial charge < -0.3 is 20.4 Å². The maximum absolute atomic E-state index is 14.0. The number of halogens is 2. The number of benzene rings is 1. The van der Waals surface area contributed by atoms with E-state index in [4.69, 9.17) is 0 Å². The van der Waals surface area contributed by atoms with Gasteiger partial charge in [0.15, 0.2) is 5.96 Å². The Hall–Kier alpha value is -2.38. The van der Waals surface area contributed by atoms with Gasteiger partial charge in [-0.05, 0) is 25.0 Å². The first-order valence-corrected chi connectivity index (χ1v) is 9.36. The van der Waals surface area contributed by atoms with E-state index in [2.05, 4.69) is 22.5 Å². The van der Waals surface area contributed by atoms with E-state index in [0.29, 0.717) is 19.0 Å². The highest BCUT2D eigenvalue weighted by atomic mass is 19.1. The largest absolute Gasteiger partial charge is 0.365 e. The van der Waals surface area contributed by atoms with Crippen LogP contribution >= 0.6 is 0 Å². The molecule has 8 heteroatoms. The first-order valence-electron chi connectivity index (χ1n) is 9.36. The van der Waals surface area contributed by atoms with Gasteiger partial charge in [-0.2, -0.15) is 0 Å². The van der Waals surface area contributed by atoms with Gasteiger partial charge in [-0.3, -0.25) is 4.79 Å². The minimum absolute atomic E-state index is 0.00802. The number of amides is 1. The number of hydrogen-bond acceptors (Lipinski definition) is 3. The lowest BCUT2D eigenvalue weighted by molar-refractivity contribution is -0.127. The van der Waals surface area contributed by atoms with Crippen LogP contribution in [0.2, 0.25) is 0 Å². The van der Waals surface area contributed by atoms with Crippen LogP contribution in [0, 0.1) is 11.6 Å². The molecule has 1 amide bonds. The summed E-state index contributed by atoms with van der Waals surface area (Å²) in [5.41, 5.74) is 0.0158. The molecular formula is C19H29F2N5O. The summed E-state index contributed by atoms with van der Waals surface area (Å²) in [6, 6.07) is 3.90. The number of aliphatic imine (C=N–C) groups is 1. The van der Waals surface area contributed by atoms with Crippen LogP contribution in [-0.4, -0.2) is 63.1 Å². The topological polar surface area (TPSA) is 60.0 Å². The van der Waals surface area contributed by atoms with E-state index >= 15 is 0 Å². The normalized spacial score (nSPS) is 17.1. The molecule has 1 fully saturated rings. The third-order valence-electron chi connectivity index (χ3n) is 4.48. The quantitative estimate of drug-likeness (QED) is 0.431. The minimum atomic E-state index is -0.554. The maximum atomic E-state index is 14.0. The number of guanidine groups is 1. The fourth-order valence-electron chi connectivity index (χ4n) is 2.89. The third kappa shape index (κ3) is 6.08. The van der Waals surface area contributed by atoms with Gasteiger partial charge in [0.2, 0.25) is 5.91 Å². The second-order valence-electron chi connectivity index (χ2n) is 6.88. The van der Waals surface area contributed by atoms with E-state index in [-0.39, 0.29) is 24.2 Å². The molecule has 1 unspecified atom stereocenters. The average molecular weight is 381 g/mol. The Kier molecular flexibility index (Phi) is 7.82. The Balaban J connectivity index is 2.00. The van der Waals surface area contributed by atoms with Crippen LogP contribution in [-0.2, 0) is 4.79 Å². The van der Waals surface area contributed by atoms with Crippen LogP contribution in [0.3, 0.4) is 0 Å². The SMILES string of the molecule is CCCCNC(=NCC(=O)N(C)C)NC1CCN(c2c(F)cccc2F)C1. The summed E-state index contributed by atoms with van der Waals surface area (Å²) in [7, 11) is 3.38. The Labute approximate surface area is 159 Å². The van der Waals surface area contributed by atoms with Crippen LogP contribution in [0.5, 0.6) is 0 Å². The van der Waals surface area contributed by atoms with Gasteiger partial charge in [0.1, 0.15) is 23.9 Å². The number of unbranched alkanes of at least 4 members (excludes halogenated alkanes) is 1. The van der Waals surface area contributed by atoms with Gasteiger partial charge in [-0.1, -0.05) is 19.4 Å². The predicted octanol–water partition coefficient (Wildman–Crippen LogP) is 1.97. The van der Waals surface area contributed by atoms with Crippen molar-refractivity contribution in [1.82, 2.24) is 15.5 Å². The lowest BCUT2D eigenvalue weighted by Crippen LogP contribution is -2.45. The summed E-state index contributed by atoms with van der Waals surface area (Å²) in [6.07, 6.45) is 2.75. The summed E-state index contributed by atoms with van der Waals surface area (Å²) in [5, 5.41) is 6.51. The molecule has 0 spiro atoms. The number of likely N-dealkylation sites (N-methyl/N-ethyl adjacent to an activating group) is 1. The number of rotatable bonds is 7. The molecule has 1 heterocycles. The highest BCUT2D eigenvalue weighted by Gasteiger charge is 2.27. The Morgan fingerprint density at radius 1 is 1.33 bits per heavy atom. The second-order valence-corrected chi connectivity index (χ2v) is 6.88. The molecule has 1 aliphatic rings. The molecular weight excluding hydrogens is 352 g/mol. The van der Waals surface area contributed by atoms with Crippen molar-refractivity contribution < 1.29 is 13.6 Å². The van der Waals surface area contributed by atoms with Crippen molar-refractivity contribution >= 4 is 17.6 Å². The molecule has 27 heavy (non-hydrogen) atoms. The van der Waals surface area contributed by atoms with Gasteiger partial charge in [-0.25, -0.2) is 13.8 Å². The summed E-state index contributed by atoms with van der Waals surface area (Å²) < 4.78 is 28.0. The molecule has 1 atom stereocenters. The highest BCUT2D eigenvalue weighted by molar-refractivity contribution is 5.85. The number of carbonyl (C=O) groups excluding carboxylic acids is 1. The molecule has 0 radical (unpaired) electrons. The van der Waals surface area contributed by atoms with Crippen molar-refractivity contribution in [3.63, 3.8) is 0 Å². The summed E-state index contributed by atoms with van der Waals surface area (Å²) >= 11 is 0. The van der Waals surface area contributed by atoms with E-state index in [1.54, 1.807) is 19.0 Å². The number of nitrogens with one attached hydrogen (secondary N) is 2. The van der Waals surface area contributed by atoms with Crippen molar-refractivity contribution in [2.24, 2.45) is 4.99 Å². The molecule has 2 rings (SSSR count). The standard InChI is InChI=1S/C19H29F2N5O/c1-4-5-10-22-19(23-12-17(27)25(2)3)24-14-9-11-26(13-14)18-15(20)7-6-8-16(18)21/h6-8,14H,4-5,9-13H2,1-3H3,(H2,22,23,24). The third-order valence-corrected chi connectivity index (χ3v) is 4.48. The molecule has 1 aliphatic heterocycles. The van der Waals surface area contributed by atoms with E-state index in [0.717, 1.165) is 25.8 Å². The van der Waals surface area contributed by atoms with Gasteiger partial charge in [0, 0.05) is 39.8 Å². The summed E-state index contributed by atoms with van der Waals surface area (Å²) in [4.78, 5) is 19.3. The molecule has 0 aliphatic carbocycles. The number of hydrogen-bond donors (Lipinski definition) is 2. The van der Waals surface area contributed by atoms with Crippen LogP contribution in [0.25, 0.3) is 0 Å². The van der Waals surface area contributed by atoms with Gasteiger partial charge in [-0.15, -0.1) is 0 Å². The summed E-state index contributed by atoms with van der Waals surface area (Å²) in [6.45, 7) is 3.91. The van der Waals surface area contributed by atoms with Crippen molar-refractivity contribution in [2.45, 2.75) is 32.2 Å². The van der Waals surface area contributed by atoms with E-state index < -0.39 is 11.6 Å². The molecule has 0 saturated carbocycles. The van der Waals surface area contributed by atoms with Crippen LogP contribution in [0.15, 0.2) is 23.2 Å². The zero-order valence-electron chi connectivity index (χ0n) is 16.3. The van der Waals surface area contributed by atoms with Crippen LogP contribution in [0.1, 0.15) is 26.2 Å². The van der Waals surface area contributed by atoms with E-state index in [9.17, 15) is 13.6 Å². The zero-order chi connectivity index (χ0) is 19.8. The second kappa shape index (κ2) is 10.1. The maximum Gasteiger partial charge on any atom is 0.243 e. The minimum Gasteiger partial charge on any atom is -0.365 e. The molecule has 2 N–H and O–H groups in total. The molecule has 1 aromatic carbocycles. The van der Waals surface area contributed by atoms with Gasteiger partial charge >= 0.3 is 0 Å². The molecule has 6 nitrogen and oxygen atoms in total. The molecule has 0 aromatic heterocycles. The Bertz CT molecular complexity index is 645. The van der Waals surface area contributed by atoms with Gasteiger partial charge in [0.25, 0.3) is 0 Å². The van der Waals surface area contributed by atoms with Crippen LogP contribution in [0.4, 0.5) is 14.5 Å². The lowest BCUT2D eigenvalue weighted by Gasteiger charge is -2.21. The predicted molar refractivity (Wildman–Crippen MR) is 104 cm³/mol. The lowest BCUT2D eigenvalue weighted by atomic mass is 10.2. The highest BCUT2D eigenvalue weighted by Crippen LogP contribution is 2.26. The molecule has 150 valence electrons. The first kappa shape index (κ1) is 20.9. The molecule has 1 aromatic rings. The van der Waals surface area contributed by atoms with Crippen molar-refractivity contribution in [1.29, 1.82) is 0 Å². The van der Waals surface area contributed by atoms with Crippen molar-refractivity contribution in [3.05, 3.63) is 29.8 Å². The number of nitrogens with zero attached hydrogens (tertiary/aromatic N) is 3. The Morgan fingerprint density at radius 3 is 2.67 bits per heavy atom. The van der Waals surface area contributed by atoms with Crippen molar-refractivity contribution in [2.75, 3.05) is 45.2 Å². The average Bonchev–Trinajstić information content (AvgIpc) is 3.07. The van der Waals surface area contributed by atoms with E-state index in [1.807, 2.05) is 0 Å². The summed E-state index contributed by atoms with van der Waals surface area (Å²) in [5.74, 6) is -0.642. The van der Waals surface area contributed by atoms with Gasteiger partial charge in [0.05, 0.1) is 0 Å². The first-order chi connectivity index (χ1) is 12.9. The van der Waals surface area contributed by atoms with Crippen LogP contribution < -0.4 is 15.5 Å². The smallest absolute Gasteiger partial charge is 0.243 e. The van der Waals surface area contributed by atoms with Crippen molar-refractivity contribution in [3.8, 4) is 0 Å².